The van der Waals surface area contributed by atoms with Gasteiger partial charge in [0.05, 0.1) is 0 Å². The molecule has 0 spiro atoms. The van der Waals surface area contributed by atoms with E-state index in [1.807, 2.05) is 0 Å². The van der Waals surface area contributed by atoms with Crippen LogP contribution >= 0.6 is 0 Å². The van der Waals surface area contributed by atoms with Crippen molar-refractivity contribution >= 4 is 11.9 Å². The summed E-state index contributed by atoms with van der Waals surface area (Å²) in [5.74, 6) is -2.52. The number of esters is 1. The van der Waals surface area contributed by atoms with Crippen molar-refractivity contribution in [1.29, 1.82) is 0 Å². The van der Waals surface area contributed by atoms with Gasteiger partial charge in [-0.15, -0.1) is 0 Å². The van der Waals surface area contributed by atoms with Crippen molar-refractivity contribution in [1.82, 2.24) is 0 Å². The van der Waals surface area contributed by atoms with Crippen molar-refractivity contribution in [3.8, 4) is 0 Å². The zero-order valence-corrected chi connectivity index (χ0v) is 8.95. The van der Waals surface area contributed by atoms with Crippen molar-refractivity contribution in [2.75, 3.05) is 0 Å². The van der Waals surface area contributed by atoms with Gasteiger partial charge >= 0.3 is 11.9 Å². The molecule has 0 aliphatic rings. The SMILES string of the molecule is NC(C(=O)O)C(O)C(=O)OCc1ccccc1. The number of carbonyl (C=O) groups is 2. The molecule has 4 N–H and O–H groups in total. The highest BCUT2D eigenvalue weighted by Crippen LogP contribution is 2.03. The van der Waals surface area contributed by atoms with Gasteiger partial charge in [-0.1, -0.05) is 30.3 Å². The Bertz CT molecular complexity index is 392. The molecule has 6 nitrogen and oxygen atoms in total. The minimum Gasteiger partial charge on any atom is -0.480 e. The van der Waals surface area contributed by atoms with Crippen LogP contribution < -0.4 is 5.73 Å². The summed E-state index contributed by atoms with van der Waals surface area (Å²) in [6, 6.07) is 7.12. The molecular weight excluding hydrogens is 226 g/mol. The molecule has 17 heavy (non-hydrogen) atoms. The minimum absolute atomic E-state index is 0.0386. The summed E-state index contributed by atoms with van der Waals surface area (Å²) in [6.45, 7) is -0.0386. The van der Waals surface area contributed by atoms with Crippen LogP contribution in [0.3, 0.4) is 0 Å². The summed E-state index contributed by atoms with van der Waals surface area (Å²) < 4.78 is 4.73. The second-order valence-electron chi connectivity index (χ2n) is 3.40. The average molecular weight is 239 g/mol. The lowest BCUT2D eigenvalue weighted by atomic mass is 10.2. The van der Waals surface area contributed by atoms with E-state index in [-0.39, 0.29) is 6.61 Å². The van der Waals surface area contributed by atoms with Crippen LogP contribution in [0.15, 0.2) is 30.3 Å². The predicted molar refractivity (Wildman–Crippen MR) is 57.9 cm³/mol. The first-order valence-corrected chi connectivity index (χ1v) is 4.89. The molecule has 92 valence electrons. The Labute approximate surface area is 97.6 Å². The summed E-state index contributed by atoms with van der Waals surface area (Å²) in [7, 11) is 0. The maximum absolute atomic E-state index is 11.2. The second kappa shape index (κ2) is 5.97. The molecule has 0 radical (unpaired) electrons. The number of aliphatic carboxylic acids is 1. The normalized spacial score (nSPS) is 13.8. The molecule has 6 heteroatoms. The zero-order chi connectivity index (χ0) is 12.8. The van der Waals surface area contributed by atoms with E-state index in [0.29, 0.717) is 0 Å². The number of hydrogen-bond acceptors (Lipinski definition) is 5. The Morgan fingerprint density at radius 2 is 1.88 bits per heavy atom. The molecule has 0 amide bonds. The molecule has 2 atom stereocenters. The van der Waals surface area contributed by atoms with Crippen LogP contribution in [-0.4, -0.2) is 34.3 Å². The number of hydrogen-bond donors (Lipinski definition) is 3. The van der Waals surface area contributed by atoms with Crippen molar-refractivity contribution < 1.29 is 24.5 Å². The number of rotatable bonds is 5. The van der Waals surface area contributed by atoms with Crippen LogP contribution in [0.1, 0.15) is 5.56 Å². The predicted octanol–water partition coefficient (Wildman–Crippen LogP) is -0.497. The van der Waals surface area contributed by atoms with Gasteiger partial charge in [0, 0.05) is 0 Å². The van der Waals surface area contributed by atoms with Crippen molar-refractivity contribution in [2.45, 2.75) is 18.8 Å². The molecule has 0 saturated carbocycles. The number of carboxylic acid groups (broad SMARTS) is 1. The highest BCUT2D eigenvalue weighted by molar-refractivity contribution is 5.84. The van der Waals surface area contributed by atoms with Gasteiger partial charge in [-0.05, 0) is 5.56 Å². The number of aliphatic hydroxyl groups is 1. The third-order valence-electron chi connectivity index (χ3n) is 2.09. The largest absolute Gasteiger partial charge is 0.480 e. The van der Waals surface area contributed by atoms with E-state index in [0.717, 1.165) is 5.56 Å². The highest BCUT2D eigenvalue weighted by atomic mass is 16.5. The molecule has 2 unspecified atom stereocenters. The lowest BCUT2D eigenvalue weighted by molar-refractivity contribution is -0.160. The van der Waals surface area contributed by atoms with Crippen LogP contribution in [0.5, 0.6) is 0 Å². The lowest BCUT2D eigenvalue weighted by Gasteiger charge is -2.13. The van der Waals surface area contributed by atoms with Gasteiger partial charge in [-0.3, -0.25) is 4.79 Å². The maximum Gasteiger partial charge on any atom is 0.337 e. The van der Waals surface area contributed by atoms with E-state index in [9.17, 15) is 14.7 Å². The van der Waals surface area contributed by atoms with Crippen molar-refractivity contribution in [3.05, 3.63) is 35.9 Å². The topological polar surface area (TPSA) is 110 Å². The van der Waals surface area contributed by atoms with Gasteiger partial charge in [0.15, 0.2) is 6.10 Å². The monoisotopic (exact) mass is 239 g/mol. The molecule has 0 saturated heterocycles. The van der Waals surface area contributed by atoms with Gasteiger partial charge in [-0.2, -0.15) is 0 Å². The molecule has 1 aromatic carbocycles. The van der Waals surface area contributed by atoms with Crippen LogP contribution in [0.4, 0.5) is 0 Å². The summed E-state index contributed by atoms with van der Waals surface area (Å²) in [5.41, 5.74) is 5.81. The fourth-order valence-electron chi connectivity index (χ4n) is 1.10. The van der Waals surface area contributed by atoms with Crippen LogP contribution in [0.25, 0.3) is 0 Å². The maximum atomic E-state index is 11.2. The highest BCUT2D eigenvalue weighted by Gasteiger charge is 2.29. The molecule has 1 aromatic rings. The van der Waals surface area contributed by atoms with E-state index in [1.165, 1.54) is 0 Å². The van der Waals surface area contributed by atoms with Gasteiger partial charge in [0.25, 0.3) is 0 Å². The van der Waals surface area contributed by atoms with Crippen LogP contribution in [0.2, 0.25) is 0 Å². The minimum atomic E-state index is -1.86. The van der Waals surface area contributed by atoms with E-state index >= 15 is 0 Å². The third kappa shape index (κ3) is 3.86. The molecule has 0 aliphatic heterocycles. The number of carbonyl (C=O) groups excluding carboxylic acids is 1. The van der Waals surface area contributed by atoms with Crippen LogP contribution in [-0.2, 0) is 20.9 Å². The van der Waals surface area contributed by atoms with Crippen molar-refractivity contribution in [2.24, 2.45) is 5.73 Å². The number of carboxylic acids is 1. The molecule has 0 bridgehead atoms. The lowest BCUT2D eigenvalue weighted by Crippen LogP contribution is -2.46. The smallest absolute Gasteiger partial charge is 0.337 e. The van der Waals surface area contributed by atoms with Gasteiger partial charge in [0.1, 0.15) is 12.6 Å². The summed E-state index contributed by atoms with van der Waals surface area (Å²) in [6.07, 6.45) is -1.86. The average Bonchev–Trinajstić information content (AvgIpc) is 2.35. The second-order valence-corrected chi connectivity index (χ2v) is 3.40. The first-order valence-electron chi connectivity index (χ1n) is 4.89. The first kappa shape index (κ1) is 13.1. The Morgan fingerprint density at radius 3 is 2.41 bits per heavy atom. The Hall–Kier alpha value is -1.92. The molecule has 0 heterocycles. The van der Waals surface area contributed by atoms with Gasteiger partial charge < -0.3 is 20.7 Å². The van der Waals surface area contributed by atoms with E-state index in [4.69, 9.17) is 15.6 Å². The van der Waals surface area contributed by atoms with Crippen molar-refractivity contribution in [3.63, 3.8) is 0 Å². The van der Waals surface area contributed by atoms with Gasteiger partial charge in [-0.25, -0.2) is 4.79 Å². The molecule has 0 aliphatic carbocycles. The van der Waals surface area contributed by atoms with Crippen LogP contribution in [0, 0.1) is 0 Å². The standard InChI is InChI=1S/C11H13NO5/c12-8(10(14)15)9(13)11(16)17-6-7-4-2-1-3-5-7/h1-5,8-9,13H,6,12H2,(H,14,15). The van der Waals surface area contributed by atoms with Gasteiger partial charge in [0.2, 0.25) is 0 Å². The third-order valence-corrected chi connectivity index (χ3v) is 2.09. The Morgan fingerprint density at radius 1 is 1.29 bits per heavy atom. The quantitative estimate of drug-likeness (QED) is 0.598. The Balaban J connectivity index is 2.47. The first-order chi connectivity index (χ1) is 8.02. The zero-order valence-electron chi connectivity index (χ0n) is 8.95. The fourth-order valence-corrected chi connectivity index (χ4v) is 1.10. The summed E-state index contributed by atoms with van der Waals surface area (Å²) in [4.78, 5) is 21.7. The van der Waals surface area contributed by atoms with E-state index in [1.54, 1.807) is 30.3 Å². The summed E-state index contributed by atoms with van der Waals surface area (Å²) in [5, 5.41) is 17.7. The van der Waals surface area contributed by atoms with E-state index in [2.05, 4.69) is 0 Å². The molecule has 0 aromatic heterocycles. The fraction of sp³-hybridized carbons (Fsp3) is 0.273. The molecule has 1 rings (SSSR count). The number of aliphatic hydroxyl groups excluding tert-OH is 1. The number of ether oxygens (including phenoxy) is 1. The molecular formula is C11H13NO5. The Kier molecular flexibility index (Phi) is 4.62. The molecule has 0 fully saturated rings. The summed E-state index contributed by atoms with van der Waals surface area (Å²) >= 11 is 0. The number of nitrogens with two attached hydrogens (primary N) is 1. The number of benzene rings is 1. The van der Waals surface area contributed by atoms with E-state index < -0.39 is 24.1 Å².